The molecule has 2 aromatic carbocycles. The Hall–Kier alpha value is -2.56. The SMILES string of the molecule is CC1(C)C=C(CNc2ccc(/C=C/c3ccc(O)cc3)cc2)C(C)(C)N1[OH2+]. The van der Waals surface area contributed by atoms with E-state index in [0.717, 1.165) is 23.4 Å². The molecule has 0 fully saturated rings. The van der Waals surface area contributed by atoms with Crippen LogP contribution in [0.2, 0.25) is 0 Å². The number of nitrogens with one attached hydrogen (secondary N) is 1. The normalized spacial score (nSPS) is 18.6. The largest absolute Gasteiger partial charge is 0.508 e. The summed E-state index contributed by atoms with van der Waals surface area (Å²) in [5.41, 5.74) is 3.95. The maximum atomic E-state index is 9.33. The predicted octanol–water partition coefficient (Wildman–Crippen LogP) is 4.41. The van der Waals surface area contributed by atoms with Crippen LogP contribution in [0.1, 0.15) is 38.8 Å². The standard InChI is InChI=1S/C23H28N2O2/c1-22(2)15-19(23(3,4)25(22)27)16-24-20-11-7-17(8-12-20)5-6-18-9-13-21(26)14-10-18/h5-15,24,26-27H,16H2,1-4H3/p+1/b6-5+. The number of hydrogen-bond donors (Lipinski definition) is 2. The highest BCUT2D eigenvalue weighted by molar-refractivity contribution is 5.70. The van der Waals surface area contributed by atoms with E-state index in [2.05, 4.69) is 69.4 Å². The molecule has 0 bridgehead atoms. The third-order valence-electron chi connectivity index (χ3n) is 5.20. The fourth-order valence-electron chi connectivity index (χ4n) is 3.49. The highest BCUT2D eigenvalue weighted by Gasteiger charge is 2.48. The van der Waals surface area contributed by atoms with Crippen LogP contribution in [0, 0.1) is 0 Å². The van der Waals surface area contributed by atoms with E-state index in [1.54, 1.807) is 17.2 Å². The van der Waals surface area contributed by atoms with E-state index in [-0.39, 0.29) is 16.8 Å². The highest BCUT2D eigenvalue weighted by Crippen LogP contribution is 2.38. The maximum absolute atomic E-state index is 9.33. The van der Waals surface area contributed by atoms with Gasteiger partial charge < -0.3 is 15.6 Å². The van der Waals surface area contributed by atoms with Gasteiger partial charge in [0.05, 0.1) is 0 Å². The van der Waals surface area contributed by atoms with Gasteiger partial charge in [0.25, 0.3) is 0 Å². The molecule has 142 valence electrons. The van der Waals surface area contributed by atoms with E-state index in [9.17, 15) is 5.11 Å². The van der Waals surface area contributed by atoms with Crippen LogP contribution in [-0.2, 0) is 0 Å². The van der Waals surface area contributed by atoms with Crippen molar-refractivity contribution in [3.8, 4) is 5.75 Å². The summed E-state index contributed by atoms with van der Waals surface area (Å²) in [6.07, 6.45) is 6.28. The van der Waals surface area contributed by atoms with Crippen molar-refractivity contribution in [2.24, 2.45) is 0 Å². The molecule has 0 radical (unpaired) electrons. The van der Waals surface area contributed by atoms with Crippen molar-refractivity contribution in [2.75, 3.05) is 11.9 Å². The van der Waals surface area contributed by atoms with Crippen molar-refractivity contribution in [2.45, 2.75) is 38.8 Å². The topological polar surface area (TPSA) is 58.4 Å². The Bertz CT molecular complexity index is 847. The lowest BCUT2D eigenvalue weighted by atomic mass is 9.96. The molecule has 0 unspecified atom stereocenters. The third-order valence-corrected chi connectivity index (χ3v) is 5.20. The number of benzene rings is 2. The Morgan fingerprint density at radius 3 is 1.93 bits per heavy atom. The Morgan fingerprint density at radius 2 is 1.44 bits per heavy atom. The number of phenols is 1. The van der Waals surface area contributed by atoms with Gasteiger partial charge in [0.2, 0.25) is 0 Å². The van der Waals surface area contributed by atoms with Gasteiger partial charge in [-0.3, -0.25) is 0 Å². The van der Waals surface area contributed by atoms with Gasteiger partial charge in [-0.1, -0.05) is 47.6 Å². The molecule has 3 rings (SSSR count). The lowest BCUT2D eigenvalue weighted by molar-refractivity contribution is -0.185. The van der Waals surface area contributed by atoms with Crippen molar-refractivity contribution < 1.29 is 10.3 Å². The highest BCUT2D eigenvalue weighted by atomic mass is 16.5. The molecule has 4 nitrogen and oxygen atoms in total. The first-order valence-corrected chi connectivity index (χ1v) is 9.23. The molecule has 27 heavy (non-hydrogen) atoms. The zero-order valence-electron chi connectivity index (χ0n) is 16.5. The summed E-state index contributed by atoms with van der Waals surface area (Å²) in [7, 11) is 0. The van der Waals surface area contributed by atoms with Crippen molar-refractivity contribution >= 4 is 17.8 Å². The summed E-state index contributed by atoms with van der Waals surface area (Å²) in [5, 5.41) is 22.8. The minimum atomic E-state index is -0.275. The summed E-state index contributed by atoms with van der Waals surface area (Å²) >= 11 is 0. The van der Waals surface area contributed by atoms with Gasteiger partial charge in [-0.05, 0) is 68.7 Å². The second-order valence-corrected chi connectivity index (χ2v) is 8.12. The van der Waals surface area contributed by atoms with Crippen LogP contribution >= 0.6 is 0 Å². The fourth-order valence-corrected chi connectivity index (χ4v) is 3.49. The van der Waals surface area contributed by atoms with Crippen LogP contribution in [0.25, 0.3) is 12.2 Å². The molecule has 4 N–H and O–H groups in total. The van der Waals surface area contributed by atoms with Crippen LogP contribution in [0.5, 0.6) is 5.75 Å². The molecule has 0 spiro atoms. The third kappa shape index (κ3) is 4.24. The van der Waals surface area contributed by atoms with Gasteiger partial charge in [-0.15, -0.1) is 0 Å². The smallest absolute Gasteiger partial charge is 0.115 e. The zero-order valence-corrected chi connectivity index (χ0v) is 16.5. The molecule has 1 aliphatic rings. The Morgan fingerprint density at radius 1 is 0.926 bits per heavy atom. The van der Waals surface area contributed by atoms with Crippen LogP contribution in [0.15, 0.2) is 60.2 Å². The number of aromatic hydroxyl groups is 1. The van der Waals surface area contributed by atoms with Crippen LogP contribution in [0.3, 0.4) is 0 Å². The summed E-state index contributed by atoms with van der Waals surface area (Å²) in [5.74, 6) is 0.278. The molecule has 2 aromatic rings. The molecule has 0 saturated carbocycles. The minimum absolute atomic E-state index is 0.247. The summed E-state index contributed by atoms with van der Waals surface area (Å²) in [6.45, 7) is 9.07. The average Bonchev–Trinajstić information content (AvgIpc) is 2.79. The van der Waals surface area contributed by atoms with Gasteiger partial charge in [0.1, 0.15) is 16.8 Å². The van der Waals surface area contributed by atoms with Crippen LogP contribution in [-0.4, -0.2) is 33.0 Å². The zero-order chi connectivity index (χ0) is 19.7. The number of anilines is 1. The van der Waals surface area contributed by atoms with Crippen LogP contribution in [0.4, 0.5) is 5.69 Å². The number of rotatable bonds is 5. The summed E-state index contributed by atoms with van der Waals surface area (Å²) in [6, 6.07) is 15.4. The molecule has 0 aromatic heterocycles. The number of hydrogen-bond acceptors (Lipinski definition) is 3. The van der Waals surface area contributed by atoms with E-state index < -0.39 is 0 Å². The predicted molar refractivity (Wildman–Crippen MR) is 114 cm³/mol. The Labute approximate surface area is 161 Å². The van der Waals surface area contributed by atoms with Crippen molar-refractivity contribution in [3.63, 3.8) is 0 Å². The van der Waals surface area contributed by atoms with E-state index in [1.807, 2.05) is 18.2 Å². The lowest BCUT2D eigenvalue weighted by Crippen LogP contribution is -2.48. The molecular weight excluding hydrogens is 336 g/mol. The van der Waals surface area contributed by atoms with Gasteiger partial charge in [0.15, 0.2) is 0 Å². The van der Waals surface area contributed by atoms with Gasteiger partial charge in [0, 0.05) is 12.2 Å². The molecular formula is C23H29N2O2+. The second-order valence-electron chi connectivity index (χ2n) is 8.12. The Balaban J connectivity index is 1.62. The van der Waals surface area contributed by atoms with Crippen LogP contribution < -0.4 is 5.32 Å². The minimum Gasteiger partial charge on any atom is -0.508 e. The molecule has 4 heteroatoms. The number of hydroxylamine groups is 2. The summed E-state index contributed by atoms with van der Waals surface area (Å²) in [4.78, 5) is 0. The van der Waals surface area contributed by atoms with E-state index in [1.165, 1.54) is 5.57 Å². The van der Waals surface area contributed by atoms with Gasteiger partial charge >= 0.3 is 0 Å². The fraction of sp³-hybridized carbons (Fsp3) is 0.304. The summed E-state index contributed by atoms with van der Waals surface area (Å²) < 4.78 is 0. The van der Waals surface area contributed by atoms with Crippen molar-refractivity contribution in [3.05, 3.63) is 71.3 Å². The Kier molecular flexibility index (Phi) is 5.13. The molecule has 0 aliphatic carbocycles. The second kappa shape index (κ2) is 7.22. The molecule has 0 saturated heterocycles. The quantitative estimate of drug-likeness (QED) is 0.469. The van der Waals surface area contributed by atoms with Gasteiger partial charge in [-0.2, -0.15) is 0 Å². The first kappa shape index (κ1) is 19.2. The molecule has 1 aliphatic heterocycles. The van der Waals surface area contributed by atoms with Crippen molar-refractivity contribution in [1.82, 2.24) is 5.06 Å². The molecule has 0 atom stereocenters. The van der Waals surface area contributed by atoms with E-state index in [0.29, 0.717) is 0 Å². The van der Waals surface area contributed by atoms with E-state index >= 15 is 0 Å². The van der Waals surface area contributed by atoms with Gasteiger partial charge in [-0.25, -0.2) is 0 Å². The first-order valence-electron chi connectivity index (χ1n) is 9.23. The monoisotopic (exact) mass is 365 g/mol. The maximum Gasteiger partial charge on any atom is 0.115 e. The van der Waals surface area contributed by atoms with Crippen molar-refractivity contribution in [1.29, 1.82) is 0 Å². The number of nitrogens with zero attached hydrogens (tertiary/aromatic N) is 1. The van der Waals surface area contributed by atoms with E-state index in [4.69, 9.17) is 5.21 Å². The molecule has 1 heterocycles. The lowest BCUT2D eigenvalue weighted by Gasteiger charge is -2.31. The molecule has 0 amide bonds. The average molecular weight is 365 g/mol. The first-order chi connectivity index (χ1) is 12.7. The number of phenolic OH excluding ortho intramolecular Hbond substituents is 1.